The zero-order valence-corrected chi connectivity index (χ0v) is 20.7. The molecule has 2 fully saturated rings. The molecule has 0 aromatic rings. The molecule has 2 saturated heterocycles. The maximum Gasteiger partial charge on any atom is 0.407 e. The third kappa shape index (κ3) is 7.01. The SMILES string of the molecule is CC(C)CCN(CCNC(=O)OC(C)(C)C)C(=O)N[C@@H](C)CC1=CC2SC2C2SC12. The number of nitrogens with zero attached hydrogens (tertiary/aromatic N) is 1. The van der Waals surface area contributed by atoms with Gasteiger partial charge in [0.15, 0.2) is 0 Å². The lowest BCUT2D eigenvalue weighted by Crippen LogP contribution is -2.47. The van der Waals surface area contributed by atoms with Crippen molar-refractivity contribution in [3.8, 4) is 0 Å². The zero-order chi connectivity index (χ0) is 22.1. The van der Waals surface area contributed by atoms with Gasteiger partial charge in [0.2, 0.25) is 0 Å². The van der Waals surface area contributed by atoms with Gasteiger partial charge < -0.3 is 20.3 Å². The molecular weight excluding hydrogens is 418 g/mol. The van der Waals surface area contributed by atoms with Gasteiger partial charge in [-0.05, 0) is 46.5 Å². The van der Waals surface area contributed by atoms with E-state index < -0.39 is 11.7 Å². The maximum absolute atomic E-state index is 12.9. The van der Waals surface area contributed by atoms with Crippen molar-refractivity contribution in [2.24, 2.45) is 5.92 Å². The van der Waals surface area contributed by atoms with E-state index in [0.717, 1.165) is 28.6 Å². The van der Waals surface area contributed by atoms with Crippen LogP contribution < -0.4 is 10.6 Å². The van der Waals surface area contributed by atoms with Crippen LogP contribution in [0.2, 0.25) is 0 Å². The summed E-state index contributed by atoms with van der Waals surface area (Å²) in [5.41, 5.74) is 0.990. The van der Waals surface area contributed by atoms with Gasteiger partial charge in [0.1, 0.15) is 5.60 Å². The quantitative estimate of drug-likeness (QED) is 0.402. The summed E-state index contributed by atoms with van der Waals surface area (Å²) < 4.78 is 5.27. The van der Waals surface area contributed by atoms with E-state index in [1.54, 1.807) is 0 Å². The molecule has 2 aliphatic heterocycles. The Labute approximate surface area is 189 Å². The van der Waals surface area contributed by atoms with Crippen LogP contribution >= 0.6 is 23.5 Å². The van der Waals surface area contributed by atoms with Crippen LogP contribution in [0.3, 0.4) is 0 Å². The van der Waals surface area contributed by atoms with Crippen LogP contribution in [0.15, 0.2) is 11.6 Å². The second-order valence-electron chi connectivity index (χ2n) is 9.98. The molecule has 3 aliphatic rings. The Morgan fingerprint density at radius 1 is 1.17 bits per heavy atom. The summed E-state index contributed by atoms with van der Waals surface area (Å²) in [5.74, 6) is 0.511. The van der Waals surface area contributed by atoms with Crippen molar-refractivity contribution in [1.82, 2.24) is 15.5 Å². The van der Waals surface area contributed by atoms with Crippen LogP contribution in [-0.4, -0.2) is 69.3 Å². The highest BCUT2D eigenvalue weighted by molar-refractivity contribution is 8.13. The fourth-order valence-electron chi connectivity index (χ4n) is 3.74. The van der Waals surface area contributed by atoms with Gasteiger partial charge in [-0.1, -0.05) is 25.5 Å². The van der Waals surface area contributed by atoms with E-state index in [9.17, 15) is 9.59 Å². The lowest BCUT2D eigenvalue weighted by Gasteiger charge is -2.27. The van der Waals surface area contributed by atoms with Crippen molar-refractivity contribution >= 4 is 35.6 Å². The summed E-state index contributed by atoms with van der Waals surface area (Å²) in [4.78, 5) is 26.6. The molecule has 4 unspecified atom stereocenters. The minimum Gasteiger partial charge on any atom is -0.444 e. The summed E-state index contributed by atoms with van der Waals surface area (Å²) >= 11 is 4.17. The van der Waals surface area contributed by atoms with Gasteiger partial charge in [0, 0.05) is 46.7 Å². The molecule has 170 valence electrons. The van der Waals surface area contributed by atoms with E-state index in [1.807, 2.05) is 25.7 Å². The molecule has 5 atom stereocenters. The van der Waals surface area contributed by atoms with E-state index >= 15 is 0 Å². The van der Waals surface area contributed by atoms with Crippen LogP contribution in [0, 0.1) is 5.92 Å². The second-order valence-corrected chi connectivity index (χ2v) is 12.7. The van der Waals surface area contributed by atoms with Crippen molar-refractivity contribution < 1.29 is 14.3 Å². The highest BCUT2D eigenvalue weighted by Gasteiger charge is 2.59. The van der Waals surface area contributed by atoms with Crippen LogP contribution in [0.25, 0.3) is 0 Å². The number of amides is 3. The molecule has 1 aliphatic carbocycles. The number of hydrogen-bond acceptors (Lipinski definition) is 5. The van der Waals surface area contributed by atoms with Crippen molar-refractivity contribution in [3.05, 3.63) is 11.6 Å². The van der Waals surface area contributed by atoms with E-state index in [1.165, 1.54) is 5.57 Å². The smallest absolute Gasteiger partial charge is 0.407 e. The number of thioether (sulfide) groups is 2. The number of carbonyl (C=O) groups is 2. The Balaban J connectivity index is 1.45. The second kappa shape index (κ2) is 9.63. The summed E-state index contributed by atoms with van der Waals surface area (Å²) in [7, 11) is 0. The lowest BCUT2D eigenvalue weighted by atomic mass is 9.95. The molecule has 0 aromatic heterocycles. The summed E-state index contributed by atoms with van der Waals surface area (Å²) in [6.07, 6.45) is 3.86. The van der Waals surface area contributed by atoms with Gasteiger partial charge in [0.25, 0.3) is 0 Å². The number of fused-ring (bicyclic) bond motifs is 3. The average Bonchev–Trinajstić information content (AvgIpc) is 3.47. The van der Waals surface area contributed by atoms with Crippen molar-refractivity contribution in [3.63, 3.8) is 0 Å². The number of urea groups is 1. The monoisotopic (exact) mass is 455 g/mol. The molecule has 0 saturated carbocycles. The number of alkyl carbamates (subject to hydrolysis) is 1. The molecule has 3 rings (SSSR count). The highest BCUT2D eigenvalue weighted by atomic mass is 32.2. The topological polar surface area (TPSA) is 70.7 Å². The zero-order valence-electron chi connectivity index (χ0n) is 19.1. The van der Waals surface area contributed by atoms with E-state index in [-0.39, 0.29) is 12.1 Å². The number of ether oxygens (including phenoxy) is 1. The van der Waals surface area contributed by atoms with Crippen LogP contribution in [-0.2, 0) is 4.74 Å². The Kier molecular flexibility index (Phi) is 7.59. The molecule has 0 aromatic carbocycles. The molecule has 0 spiro atoms. The largest absolute Gasteiger partial charge is 0.444 e. The molecule has 6 nitrogen and oxygen atoms in total. The molecular formula is C22H37N3O3S2. The first-order valence-corrected chi connectivity index (χ1v) is 13.0. The maximum atomic E-state index is 12.9. The third-order valence-corrected chi connectivity index (χ3v) is 8.34. The Bertz CT molecular complexity index is 677. The van der Waals surface area contributed by atoms with Crippen LogP contribution in [0.5, 0.6) is 0 Å². The lowest BCUT2D eigenvalue weighted by molar-refractivity contribution is 0.0523. The van der Waals surface area contributed by atoms with Crippen molar-refractivity contribution in [2.75, 3.05) is 19.6 Å². The first-order chi connectivity index (χ1) is 14.0. The van der Waals surface area contributed by atoms with Crippen molar-refractivity contribution in [1.29, 1.82) is 0 Å². The molecule has 0 radical (unpaired) electrons. The average molecular weight is 456 g/mol. The molecule has 30 heavy (non-hydrogen) atoms. The van der Waals surface area contributed by atoms with E-state index in [0.29, 0.717) is 30.8 Å². The Morgan fingerprint density at radius 3 is 2.57 bits per heavy atom. The Hall–Kier alpha value is -1.02. The standard InChI is InChI=1S/C22H37N3O3S2/c1-13(2)7-9-25(10-8-23-21(27)28-22(4,5)6)20(26)24-14(3)11-15-12-16-18(29-16)19-17(15)30-19/h12-14,16-19H,7-11H2,1-6H3,(H,23,27)(H,24,26)/t14-,16?,17?,18?,19?/m0/s1. The fourth-order valence-corrected chi connectivity index (χ4v) is 6.67. The fraction of sp³-hybridized carbons (Fsp3) is 0.818. The number of hydrogen-bond donors (Lipinski definition) is 2. The number of nitrogens with one attached hydrogen (secondary N) is 2. The highest BCUT2D eigenvalue weighted by Crippen LogP contribution is 2.65. The van der Waals surface area contributed by atoms with E-state index in [4.69, 9.17) is 4.74 Å². The summed E-state index contributed by atoms with van der Waals surface area (Å²) in [6.45, 7) is 13.4. The van der Waals surface area contributed by atoms with Gasteiger partial charge in [-0.25, -0.2) is 9.59 Å². The van der Waals surface area contributed by atoms with Crippen LogP contribution in [0.1, 0.15) is 54.4 Å². The predicted molar refractivity (Wildman–Crippen MR) is 126 cm³/mol. The van der Waals surface area contributed by atoms with E-state index in [2.05, 4.69) is 61.0 Å². The van der Waals surface area contributed by atoms with Gasteiger partial charge in [-0.15, -0.1) is 23.5 Å². The summed E-state index contributed by atoms with van der Waals surface area (Å²) in [5, 5.41) is 9.03. The normalized spacial score (nSPS) is 27.4. The van der Waals surface area contributed by atoms with Gasteiger partial charge in [-0.3, -0.25) is 0 Å². The minimum atomic E-state index is -0.528. The van der Waals surface area contributed by atoms with Gasteiger partial charge >= 0.3 is 12.1 Å². The Morgan fingerprint density at radius 2 is 1.90 bits per heavy atom. The minimum absolute atomic E-state index is 0.0516. The molecule has 8 heteroatoms. The predicted octanol–water partition coefficient (Wildman–Crippen LogP) is 4.26. The first kappa shape index (κ1) is 23.6. The van der Waals surface area contributed by atoms with Gasteiger partial charge in [-0.2, -0.15) is 0 Å². The summed E-state index contributed by atoms with van der Waals surface area (Å²) in [6, 6.07) is 0.0514. The third-order valence-electron chi connectivity index (χ3n) is 5.38. The van der Waals surface area contributed by atoms with Crippen LogP contribution in [0.4, 0.5) is 9.59 Å². The molecule has 2 heterocycles. The number of rotatable bonds is 9. The number of carbonyl (C=O) groups excluding carboxylic acids is 2. The van der Waals surface area contributed by atoms with Gasteiger partial charge in [0.05, 0.1) is 0 Å². The van der Waals surface area contributed by atoms with Crippen molar-refractivity contribution in [2.45, 2.75) is 87.0 Å². The molecule has 3 amide bonds. The molecule has 2 N–H and O–H groups in total. The first-order valence-electron chi connectivity index (χ1n) is 11.1. The molecule has 0 bridgehead atoms.